The molecule has 4 nitrogen and oxygen atoms in total. The van der Waals surface area contributed by atoms with Crippen molar-refractivity contribution >= 4 is 5.91 Å². The highest BCUT2D eigenvalue weighted by Crippen LogP contribution is 2.11. The van der Waals surface area contributed by atoms with E-state index in [1.54, 1.807) is 6.92 Å². The van der Waals surface area contributed by atoms with Gasteiger partial charge in [0.1, 0.15) is 5.75 Å². The molecule has 0 aromatic heterocycles. The topological polar surface area (TPSA) is 50.4 Å². The second kappa shape index (κ2) is 7.14. The van der Waals surface area contributed by atoms with Gasteiger partial charge in [-0.05, 0) is 50.9 Å². The number of hydrogen-bond acceptors (Lipinski definition) is 3. The van der Waals surface area contributed by atoms with Crippen LogP contribution in [0.5, 0.6) is 5.75 Å². The Labute approximate surface area is 114 Å². The lowest BCUT2D eigenvalue weighted by Crippen LogP contribution is -2.42. The third kappa shape index (κ3) is 4.56. The summed E-state index contributed by atoms with van der Waals surface area (Å²) >= 11 is 0. The number of piperidine rings is 1. The summed E-state index contributed by atoms with van der Waals surface area (Å²) in [7, 11) is 0. The standard InChI is InChI=1S/C15H22N2O2/c1-12(19-14-7-3-2-4-8-14)15(18)17-11-13-6-5-9-16-10-13/h2-4,7-8,12-13,16H,5-6,9-11H2,1H3,(H,17,18). The highest BCUT2D eigenvalue weighted by molar-refractivity contribution is 5.80. The molecule has 2 unspecified atom stereocenters. The molecule has 1 saturated heterocycles. The Morgan fingerprint density at radius 3 is 2.95 bits per heavy atom. The average Bonchev–Trinajstić information content (AvgIpc) is 2.47. The molecule has 0 bridgehead atoms. The fourth-order valence-electron chi connectivity index (χ4n) is 2.24. The van der Waals surface area contributed by atoms with Gasteiger partial charge in [0, 0.05) is 6.54 Å². The van der Waals surface area contributed by atoms with E-state index in [1.807, 2.05) is 30.3 Å². The van der Waals surface area contributed by atoms with Crippen LogP contribution in [0.4, 0.5) is 0 Å². The summed E-state index contributed by atoms with van der Waals surface area (Å²) in [5, 5.41) is 6.31. The van der Waals surface area contributed by atoms with Gasteiger partial charge in [-0.25, -0.2) is 0 Å². The molecule has 2 atom stereocenters. The highest BCUT2D eigenvalue weighted by Gasteiger charge is 2.17. The predicted octanol–water partition coefficient (Wildman–Crippen LogP) is 1.57. The molecule has 0 radical (unpaired) electrons. The number of nitrogens with one attached hydrogen (secondary N) is 2. The first-order chi connectivity index (χ1) is 9.25. The highest BCUT2D eigenvalue weighted by atomic mass is 16.5. The molecule has 2 N–H and O–H groups in total. The number of rotatable bonds is 5. The van der Waals surface area contributed by atoms with E-state index in [0.29, 0.717) is 5.92 Å². The zero-order valence-corrected chi connectivity index (χ0v) is 11.4. The minimum Gasteiger partial charge on any atom is -0.481 e. The van der Waals surface area contributed by atoms with Crippen LogP contribution in [-0.4, -0.2) is 31.6 Å². The van der Waals surface area contributed by atoms with Gasteiger partial charge in [-0.1, -0.05) is 18.2 Å². The van der Waals surface area contributed by atoms with Gasteiger partial charge in [-0.3, -0.25) is 4.79 Å². The summed E-state index contributed by atoms with van der Waals surface area (Å²) in [6.45, 7) is 4.60. The van der Waals surface area contributed by atoms with E-state index in [4.69, 9.17) is 4.74 Å². The van der Waals surface area contributed by atoms with E-state index >= 15 is 0 Å². The summed E-state index contributed by atoms with van der Waals surface area (Å²) in [4.78, 5) is 11.9. The van der Waals surface area contributed by atoms with Crippen LogP contribution in [0.15, 0.2) is 30.3 Å². The number of benzene rings is 1. The summed E-state index contributed by atoms with van der Waals surface area (Å²) in [6.07, 6.45) is 1.91. The summed E-state index contributed by atoms with van der Waals surface area (Å²) < 4.78 is 5.59. The lowest BCUT2D eigenvalue weighted by atomic mass is 10.00. The molecule has 0 spiro atoms. The summed E-state index contributed by atoms with van der Waals surface area (Å²) in [5.41, 5.74) is 0. The molecular formula is C15H22N2O2. The largest absolute Gasteiger partial charge is 0.481 e. The minimum atomic E-state index is -0.459. The zero-order chi connectivity index (χ0) is 13.5. The van der Waals surface area contributed by atoms with E-state index in [0.717, 1.165) is 25.4 Å². The lowest BCUT2D eigenvalue weighted by Gasteiger charge is -2.23. The lowest BCUT2D eigenvalue weighted by molar-refractivity contribution is -0.127. The maximum atomic E-state index is 11.9. The molecule has 1 aromatic rings. The Kier molecular flexibility index (Phi) is 5.21. The Morgan fingerprint density at radius 2 is 2.26 bits per heavy atom. The minimum absolute atomic E-state index is 0.0468. The fraction of sp³-hybridized carbons (Fsp3) is 0.533. The van der Waals surface area contributed by atoms with Crippen LogP contribution in [0.25, 0.3) is 0 Å². The Balaban J connectivity index is 1.73. The SMILES string of the molecule is CC(Oc1ccccc1)C(=O)NCC1CCCNC1. The van der Waals surface area contributed by atoms with Crippen molar-refractivity contribution in [1.29, 1.82) is 0 Å². The van der Waals surface area contributed by atoms with Gasteiger partial charge in [0.25, 0.3) is 5.91 Å². The van der Waals surface area contributed by atoms with Gasteiger partial charge < -0.3 is 15.4 Å². The van der Waals surface area contributed by atoms with Crippen LogP contribution < -0.4 is 15.4 Å². The van der Waals surface area contributed by atoms with Crippen molar-refractivity contribution in [3.05, 3.63) is 30.3 Å². The van der Waals surface area contributed by atoms with Gasteiger partial charge in [0.05, 0.1) is 0 Å². The fourth-order valence-corrected chi connectivity index (χ4v) is 2.24. The van der Waals surface area contributed by atoms with Crippen molar-refractivity contribution in [1.82, 2.24) is 10.6 Å². The molecule has 2 rings (SSSR count). The maximum Gasteiger partial charge on any atom is 0.260 e. The number of carbonyl (C=O) groups is 1. The van der Waals surface area contributed by atoms with E-state index in [9.17, 15) is 4.79 Å². The molecule has 1 amide bonds. The van der Waals surface area contributed by atoms with Crippen LogP contribution in [0.2, 0.25) is 0 Å². The van der Waals surface area contributed by atoms with E-state index in [-0.39, 0.29) is 5.91 Å². The zero-order valence-electron chi connectivity index (χ0n) is 11.4. The van der Waals surface area contributed by atoms with Gasteiger partial charge in [-0.15, -0.1) is 0 Å². The second-order valence-electron chi connectivity index (χ2n) is 5.03. The molecule has 0 saturated carbocycles. The van der Waals surface area contributed by atoms with Crippen molar-refractivity contribution in [3.8, 4) is 5.75 Å². The number of amides is 1. The molecule has 1 aliphatic heterocycles. The third-order valence-electron chi connectivity index (χ3n) is 3.39. The Hall–Kier alpha value is -1.55. The van der Waals surface area contributed by atoms with Crippen molar-refractivity contribution in [2.75, 3.05) is 19.6 Å². The first-order valence-electron chi connectivity index (χ1n) is 6.96. The van der Waals surface area contributed by atoms with Gasteiger partial charge in [-0.2, -0.15) is 0 Å². The van der Waals surface area contributed by atoms with Crippen LogP contribution in [0.3, 0.4) is 0 Å². The molecule has 104 valence electrons. The van der Waals surface area contributed by atoms with E-state index in [2.05, 4.69) is 10.6 Å². The Bertz CT molecular complexity index is 388. The third-order valence-corrected chi connectivity index (χ3v) is 3.39. The second-order valence-corrected chi connectivity index (χ2v) is 5.03. The van der Waals surface area contributed by atoms with E-state index < -0.39 is 6.10 Å². The van der Waals surface area contributed by atoms with Crippen LogP contribution in [0.1, 0.15) is 19.8 Å². The van der Waals surface area contributed by atoms with Crippen LogP contribution in [-0.2, 0) is 4.79 Å². The number of carbonyl (C=O) groups excluding carboxylic acids is 1. The van der Waals surface area contributed by atoms with Crippen molar-refractivity contribution in [2.24, 2.45) is 5.92 Å². The van der Waals surface area contributed by atoms with E-state index in [1.165, 1.54) is 12.8 Å². The van der Waals surface area contributed by atoms with Gasteiger partial charge in [0.15, 0.2) is 6.10 Å². The molecule has 0 aliphatic carbocycles. The number of hydrogen-bond donors (Lipinski definition) is 2. The molecule has 1 heterocycles. The van der Waals surface area contributed by atoms with Crippen LogP contribution in [0, 0.1) is 5.92 Å². The average molecular weight is 262 g/mol. The molecule has 1 fully saturated rings. The van der Waals surface area contributed by atoms with Crippen LogP contribution >= 0.6 is 0 Å². The van der Waals surface area contributed by atoms with Crippen molar-refractivity contribution in [3.63, 3.8) is 0 Å². The molecule has 1 aromatic carbocycles. The first-order valence-corrected chi connectivity index (χ1v) is 6.96. The normalized spacial score (nSPS) is 20.6. The number of ether oxygens (including phenoxy) is 1. The monoisotopic (exact) mass is 262 g/mol. The molecule has 19 heavy (non-hydrogen) atoms. The number of para-hydroxylation sites is 1. The van der Waals surface area contributed by atoms with Crippen molar-refractivity contribution in [2.45, 2.75) is 25.9 Å². The molecule has 1 aliphatic rings. The predicted molar refractivity (Wildman–Crippen MR) is 75.1 cm³/mol. The smallest absolute Gasteiger partial charge is 0.260 e. The molecular weight excluding hydrogens is 240 g/mol. The van der Waals surface area contributed by atoms with Gasteiger partial charge >= 0.3 is 0 Å². The molecule has 4 heteroatoms. The summed E-state index contributed by atoms with van der Waals surface area (Å²) in [6, 6.07) is 9.43. The summed E-state index contributed by atoms with van der Waals surface area (Å²) in [5.74, 6) is 1.22. The Morgan fingerprint density at radius 1 is 1.47 bits per heavy atom. The maximum absolute atomic E-state index is 11.9. The quantitative estimate of drug-likeness (QED) is 0.847. The first kappa shape index (κ1) is 13.9. The van der Waals surface area contributed by atoms with Crippen molar-refractivity contribution < 1.29 is 9.53 Å². The van der Waals surface area contributed by atoms with Gasteiger partial charge in [0.2, 0.25) is 0 Å².